The normalized spacial score (nSPS) is 9.29. The molecule has 14 heavy (non-hydrogen) atoms. The van der Waals surface area contributed by atoms with Crippen molar-refractivity contribution in [2.75, 3.05) is 7.11 Å². The Hall–Kier alpha value is -1.32. The monoisotopic (exact) mass is 199 g/mol. The summed E-state index contributed by atoms with van der Waals surface area (Å²) in [5.74, 6) is 0.268. The van der Waals surface area contributed by atoms with E-state index >= 15 is 0 Å². The molecule has 1 aromatic rings. The third-order valence-electron chi connectivity index (χ3n) is 1.41. The molecule has 4 nitrogen and oxygen atoms in total. The van der Waals surface area contributed by atoms with Gasteiger partial charge in [0, 0.05) is 5.92 Å². The van der Waals surface area contributed by atoms with Crippen molar-refractivity contribution < 1.29 is 13.9 Å². The summed E-state index contributed by atoms with van der Waals surface area (Å²) in [4.78, 5) is 14.8. The maximum Gasteiger partial charge on any atom is 0.360 e. The van der Waals surface area contributed by atoms with E-state index in [2.05, 4.69) is 9.72 Å². The Morgan fingerprint density at radius 2 is 2.07 bits per heavy atom. The van der Waals surface area contributed by atoms with Crippen molar-refractivity contribution in [3.8, 4) is 0 Å². The lowest BCUT2D eigenvalue weighted by molar-refractivity contribution is 0.0594. The number of ether oxygens (including phenoxy) is 1. The zero-order chi connectivity index (χ0) is 11.1. The van der Waals surface area contributed by atoms with Crippen molar-refractivity contribution >= 4 is 5.97 Å². The predicted molar refractivity (Wildman–Crippen MR) is 53.3 cm³/mol. The van der Waals surface area contributed by atoms with Crippen LogP contribution in [0.25, 0.3) is 0 Å². The highest BCUT2D eigenvalue weighted by Crippen LogP contribution is 2.13. The first-order chi connectivity index (χ1) is 6.65. The van der Waals surface area contributed by atoms with Gasteiger partial charge in [0.1, 0.15) is 6.26 Å². The first kappa shape index (κ1) is 12.7. The van der Waals surface area contributed by atoms with E-state index in [1.54, 1.807) is 0 Å². The van der Waals surface area contributed by atoms with Crippen molar-refractivity contribution in [1.29, 1.82) is 0 Å². The van der Waals surface area contributed by atoms with Gasteiger partial charge in [0.25, 0.3) is 0 Å². The van der Waals surface area contributed by atoms with Gasteiger partial charge >= 0.3 is 5.97 Å². The number of hydrogen-bond donors (Lipinski definition) is 0. The largest absolute Gasteiger partial charge is 0.464 e. The van der Waals surface area contributed by atoms with E-state index in [0.29, 0.717) is 5.89 Å². The summed E-state index contributed by atoms with van der Waals surface area (Å²) in [6.45, 7) is 7.87. The van der Waals surface area contributed by atoms with Crippen LogP contribution in [0.1, 0.15) is 50.0 Å². The Morgan fingerprint density at radius 1 is 1.50 bits per heavy atom. The van der Waals surface area contributed by atoms with E-state index in [-0.39, 0.29) is 11.6 Å². The average Bonchev–Trinajstić information content (AvgIpc) is 2.68. The molecule has 0 radical (unpaired) electrons. The number of aromatic nitrogens is 1. The zero-order valence-electron chi connectivity index (χ0n) is 9.33. The van der Waals surface area contributed by atoms with Crippen LogP contribution in [0.4, 0.5) is 0 Å². The molecular formula is C10H17NO3. The van der Waals surface area contributed by atoms with E-state index in [4.69, 9.17) is 4.42 Å². The summed E-state index contributed by atoms with van der Waals surface area (Å²) in [6, 6.07) is 0. The minimum absolute atomic E-state index is 0.184. The molecule has 80 valence electrons. The lowest BCUT2D eigenvalue weighted by atomic mass is 10.2. The second-order valence-electron chi connectivity index (χ2n) is 2.72. The van der Waals surface area contributed by atoms with Crippen molar-refractivity contribution in [3.63, 3.8) is 0 Å². The van der Waals surface area contributed by atoms with Crippen LogP contribution in [-0.2, 0) is 4.74 Å². The van der Waals surface area contributed by atoms with Gasteiger partial charge in [-0.15, -0.1) is 0 Å². The van der Waals surface area contributed by atoms with Gasteiger partial charge in [-0.05, 0) is 0 Å². The summed E-state index contributed by atoms with van der Waals surface area (Å²) in [5.41, 5.74) is 0.223. The Balaban J connectivity index is 0.000000791. The fourth-order valence-electron chi connectivity index (χ4n) is 0.751. The first-order valence-corrected chi connectivity index (χ1v) is 4.69. The lowest BCUT2D eigenvalue weighted by Crippen LogP contribution is -2.01. The summed E-state index contributed by atoms with van der Waals surface area (Å²) in [7, 11) is 1.31. The molecule has 4 heteroatoms. The van der Waals surface area contributed by atoms with Crippen molar-refractivity contribution in [2.24, 2.45) is 0 Å². The number of nitrogens with zero attached hydrogens (tertiary/aromatic N) is 1. The van der Waals surface area contributed by atoms with Crippen LogP contribution in [0.15, 0.2) is 10.7 Å². The molecule has 0 saturated carbocycles. The minimum Gasteiger partial charge on any atom is -0.464 e. The van der Waals surface area contributed by atoms with Crippen LogP contribution in [0.3, 0.4) is 0 Å². The maximum absolute atomic E-state index is 10.9. The molecule has 0 aromatic carbocycles. The number of hydrogen-bond acceptors (Lipinski definition) is 4. The van der Waals surface area contributed by atoms with E-state index in [1.165, 1.54) is 13.4 Å². The molecule has 0 aliphatic rings. The van der Waals surface area contributed by atoms with Gasteiger partial charge in [0.15, 0.2) is 11.6 Å². The van der Waals surface area contributed by atoms with Crippen LogP contribution in [0, 0.1) is 0 Å². The average molecular weight is 199 g/mol. The fourth-order valence-corrected chi connectivity index (χ4v) is 0.751. The Morgan fingerprint density at radius 3 is 2.43 bits per heavy atom. The molecular weight excluding hydrogens is 182 g/mol. The molecule has 0 bridgehead atoms. The van der Waals surface area contributed by atoms with Crippen molar-refractivity contribution in [1.82, 2.24) is 4.98 Å². The third-order valence-corrected chi connectivity index (χ3v) is 1.41. The van der Waals surface area contributed by atoms with E-state index < -0.39 is 5.97 Å². The third kappa shape index (κ3) is 3.20. The SMILES string of the molecule is CC.COC(=O)c1coc(C(C)C)n1. The zero-order valence-corrected chi connectivity index (χ0v) is 9.33. The molecule has 1 rings (SSSR count). The molecule has 1 heterocycles. The van der Waals surface area contributed by atoms with Crippen molar-refractivity contribution in [2.45, 2.75) is 33.6 Å². The van der Waals surface area contributed by atoms with Crippen LogP contribution >= 0.6 is 0 Å². The van der Waals surface area contributed by atoms with Crippen LogP contribution in [0.5, 0.6) is 0 Å². The summed E-state index contributed by atoms with van der Waals surface area (Å²) >= 11 is 0. The lowest BCUT2D eigenvalue weighted by Gasteiger charge is -1.94. The summed E-state index contributed by atoms with van der Waals surface area (Å²) < 4.78 is 9.50. The smallest absolute Gasteiger partial charge is 0.360 e. The molecule has 0 aliphatic heterocycles. The molecule has 0 amide bonds. The maximum atomic E-state index is 10.9. The number of carbonyl (C=O) groups excluding carboxylic acids is 1. The Kier molecular flexibility index (Phi) is 5.60. The topological polar surface area (TPSA) is 52.3 Å². The highest BCUT2D eigenvalue weighted by atomic mass is 16.5. The van der Waals surface area contributed by atoms with Crippen LogP contribution in [-0.4, -0.2) is 18.1 Å². The Labute approximate surface area is 84.3 Å². The molecule has 0 unspecified atom stereocenters. The Bertz CT molecular complexity index is 279. The standard InChI is InChI=1S/C8H11NO3.C2H6/c1-5(2)7-9-6(4-12-7)8(10)11-3;1-2/h4-5H,1-3H3;1-2H3. The highest BCUT2D eigenvalue weighted by Gasteiger charge is 2.13. The first-order valence-electron chi connectivity index (χ1n) is 4.69. The summed E-state index contributed by atoms with van der Waals surface area (Å²) in [6.07, 6.45) is 1.31. The van der Waals surface area contributed by atoms with Gasteiger partial charge in [-0.2, -0.15) is 0 Å². The number of oxazole rings is 1. The predicted octanol–water partition coefficient (Wildman–Crippen LogP) is 2.61. The van der Waals surface area contributed by atoms with Crippen molar-refractivity contribution in [3.05, 3.63) is 17.8 Å². The van der Waals surface area contributed by atoms with Gasteiger partial charge < -0.3 is 9.15 Å². The molecule has 0 aliphatic carbocycles. The number of carbonyl (C=O) groups is 1. The number of esters is 1. The van der Waals surface area contributed by atoms with Gasteiger partial charge in [-0.1, -0.05) is 27.7 Å². The second-order valence-corrected chi connectivity index (χ2v) is 2.72. The van der Waals surface area contributed by atoms with E-state index in [0.717, 1.165) is 0 Å². The molecule has 0 fully saturated rings. The molecule has 0 saturated heterocycles. The second kappa shape index (κ2) is 6.18. The number of rotatable bonds is 2. The molecule has 0 spiro atoms. The fraction of sp³-hybridized carbons (Fsp3) is 0.600. The van der Waals surface area contributed by atoms with Gasteiger partial charge in [0.05, 0.1) is 7.11 Å². The van der Waals surface area contributed by atoms with Crippen LogP contribution < -0.4 is 0 Å². The molecule has 0 N–H and O–H groups in total. The van der Waals surface area contributed by atoms with Gasteiger partial charge in [-0.25, -0.2) is 9.78 Å². The minimum atomic E-state index is -0.467. The summed E-state index contributed by atoms with van der Waals surface area (Å²) in [5, 5.41) is 0. The van der Waals surface area contributed by atoms with Crippen LogP contribution in [0.2, 0.25) is 0 Å². The van der Waals surface area contributed by atoms with E-state index in [1.807, 2.05) is 27.7 Å². The highest BCUT2D eigenvalue weighted by molar-refractivity contribution is 5.86. The van der Waals surface area contributed by atoms with Gasteiger partial charge in [-0.3, -0.25) is 0 Å². The number of methoxy groups -OCH3 is 1. The molecule has 1 aromatic heterocycles. The molecule has 0 atom stereocenters. The van der Waals surface area contributed by atoms with E-state index in [9.17, 15) is 4.79 Å². The quantitative estimate of drug-likeness (QED) is 0.687. The van der Waals surface area contributed by atoms with Gasteiger partial charge in [0.2, 0.25) is 0 Å².